The number of amides is 1. The molecule has 25 heavy (non-hydrogen) atoms. The number of halogens is 1. The van der Waals surface area contributed by atoms with E-state index in [9.17, 15) is 13.2 Å². The van der Waals surface area contributed by atoms with Crippen LogP contribution < -0.4 is 15.2 Å². The maximum atomic E-state index is 12.4. The van der Waals surface area contributed by atoms with Crippen molar-refractivity contribution in [1.29, 1.82) is 0 Å². The van der Waals surface area contributed by atoms with Crippen molar-refractivity contribution in [1.82, 2.24) is 0 Å². The van der Waals surface area contributed by atoms with Crippen LogP contribution in [0.15, 0.2) is 48.0 Å². The smallest absolute Gasteiger partial charge is 0.255 e. The number of fused-ring (bicyclic) bond motifs is 1. The van der Waals surface area contributed by atoms with Crippen molar-refractivity contribution in [2.45, 2.75) is 5.75 Å². The highest BCUT2D eigenvalue weighted by molar-refractivity contribution is 7.88. The molecule has 3 rings (SSSR count). The lowest BCUT2D eigenvalue weighted by Crippen LogP contribution is -2.21. The van der Waals surface area contributed by atoms with E-state index >= 15 is 0 Å². The van der Waals surface area contributed by atoms with E-state index in [1.165, 1.54) is 0 Å². The van der Waals surface area contributed by atoms with Crippen molar-refractivity contribution in [3.8, 4) is 5.75 Å². The Labute approximate surface area is 150 Å². The zero-order chi connectivity index (χ0) is 18.0. The minimum absolute atomic E-state index is 0.157. The summed E-state index contributed by atoms with van der Waals surface area (Å²) in [5.41, 5.74) is 2.29. The molecule has 6 nitrogen and oxygen atoms in total. The summed E-state index contributed by atoms with van der Waals surface area (Å²) in [4.78, 5) is 12.4. The van der Waals surface area contributed by atoms with E-state index in [0.29, 0.717) is 27.6 Å². The molecule has 0 aromatic heterocycles. The molecule has 0 atom stereocenters. The van der Waals surface area contributed by atoms with Gasteiger partial charge >= 0.3 is 0 Å². The Bertz CT molecular complexity index is 953. The number of ether oxygens (including phenoxy) is 1. The summed E-state index contributed by atoms with van der Waals surface area (Å²) in [6, 6.07) is 11.6. The van der Waals surface area contributed by atoms with E-state index in [0.717, 1.165) is 5.56 Å². The molecule has 0 spiro atoms. The third kappa shape index (κ3) is 4.60. The zero-order valence-electron chi connectivity index (χ0n) is 13.0. The zero-order valence-corrected chi connectivity index (χ0v) is 14.6. The summed E-state index contributed by atoms with van der Waals surface area (Å²) in [6.07, 6.45) is 1.73. The van der Waals surface area contributed by atoms with E-state index in [-0.39, 0.29) is 18.3 Å². The van der Waals surface area contributed by atoms with Gasteiger partial charge in [-0.3, -0.25) is 4.79 Å². The summed E-state index contributed by atoms with van der Waals surface area (Å²) in [5, 5.41) is 8.31. The second-order valence-electron chi connectivity index (χ2n) is 5.60. The number of nitrogens with one attached hydrogen (secondary N) is 1. The van der Waals surface area contributed by atoms with Gasteiger partial charge in [-0.2, -0.15) is 0 Å². The predicted molar refractivity (Wildman–Crippen MR) is 96.8 cm³/mol. The molecule has 0 radical (unpaired) electrons. The van der Waals surface area contributed by atoms with Gasteiger partial charge in [0.15, 0.2) is 0 Å². The largest absolute Gasteiger partial charge is 0.488 e. The number of rotatable bonds is 4. The molecule has 8 heteroatoms. The van der Waals surface area contributed by atoms with Crippen LogP contribution in [-0.4, -0.2) is 20.9 Å². The Morgan fingerprint density at radius 1 is 1.20 bits per heavy atom. The van der Waals surface area contributed by atoms with Crippen LogP contribution in [-0.2, 0) is 20.6 Å². The first-order valence-corrected chi connectivity index (χ1v) is 9.43. The van der Waals surface area contributed by atoms with Crippen molar-refractivity contribution < 1.29 is 17.9 Å². The lowest BCUT2D eigenvalue weighted by Gasteiger charge is -2.18. The molecule has 0 fully saturated rings. The van der Waals surface area contributed by atoms with Crippen molar-refractivity contribution in [3.63, 3.8) is 0 Å². The van der Waals surface area contributed by atoms with Gasteiger partial charge in [0.2, 0.25) is 10.0 Å². The van der Waals surface area contributed by atoms with Gasteiger partial charge in [-0.1, -0.05) is 23.7 Å². The first-order chi connectivity index (χ1) is 11.8. The van der Waals surface area contributed by atoms with Gasteiger partial charge in [-0.05, 0) is 42.0 Å². The molecule has 1 aliphatic heterocycles. The normalized spacial score (nSPS) is 13.4. The van der Waals surface area contributed by atoms with Gasteiger partial charge in [0, 0.05) is 16.3 Å². The maximum absolute atomic E-state index is 12.4. The van der Waals surface area contributed by atoms with Crippen LogP contribution in [0.4, 0.5) is 5.69 Å². The van der Waals surface area contributed by atoms with Gasteiger partial charge in [0.05, 0.1) is 11.3 Å². The van der Waals surface area contributed by atoms with E-state index in [4.69, 9.17) is 21.5 Å². The van der Waals surface area contributed by atoms with Crippen LogP contribution >= 0.6 is 11.6 Å². The molecule has 1 heterocycles. The summed E-state index contributed by atoms with van der Waals surface area (Å²) < 4.78 is 27.7. The minimum Gasteiger partial charge on any atom is -0.488 e. The third-order valence-corrected chi connectivity index (χ3v) is 4.53. The van der Waals surface area contributed by atoms with Gasteiger partial charge in [0.25, 0.3) is 5.91 Å². The van der Waals surface area contributed by atoms with Crippen LogP contribution in [0, 0.1) is 0 Å². The van der Waals surface area contributed by atoms with Crippen molar-refractivity contribution in [2.75, 3.05) is 11.9 Å². The van der Waals surface area contributed by atoms with E-state index in [1.807, 2.05) is 0 Å². The second-order valence-corrected chi connectivity index (χ2v) is 7.65. The number of anilines is 1. The van der Waals surface area contributed by atoms with E-state index in [1.54, 1.807) is 48.5 Å². The maximum Gasteiger partial charge on any atom is 0.255 e. The standard InChI is InChI=1S/C17H15ClN2O4S/c18-14-3-6-16-12(8-14)7-13(9-24-16)17(21)20-15-4-1-11(2-5-15)10-25(19,22)23/h1-8H,9-10H2,(H,20,21)(H2,19,22,23). The van der Waals surface area contributed by atoms with Crippen LogP contribution in [0.5, 0.6) is 5.75 Å². The van der Waals surface area contributed by atoms with Crippen molar-refractivity contribution in [2.24, 2.45) is 5.14 Å². The predicted octanol–water partition coefficient (Wildman–Crippen LogP) is 2.54. The SMILES string of the molecule is NS(=O)(=O)Cc1ccc(NC(=O)C2=Cc3cc(Cl)ccc3OC2)cc1. The van der Waals surface area contributed by atoms with Gasteiger partial charge in [-0.15, -0.1) is 0 Å². The molecule has 2 aromatic rings. The average molecular weight is 379 g/mol. The highest BCUT2D eigenvalue weighted by Gasteiger charge is 2.17. The number of hydrogen-bond acceptors (Lipinski definition) is 4. The van der Waals surface area contributed by atoms with Crippen LogP contribution in [0.1, 0.15) is 11.1 Å². The minimum atomic E-state index is -3.59. The number of nitrogens with two attached hydrogens (primary N) is 1. The average Bonchev–Trinajstić information content (AvgIpc) is 2.54. The molecule has 0 unspecified atom stereocenters. The third-order valence-electron chi connectivity index (χ3n) is 3.56. The Kier molecular flexibility index (Phi) is 4.80. The molecular formula is C17H15ClN2O4S. The molecule has 0 saturated carbocycles. The first-order valence-electron chi connectivity index (χ1n) is 7.34. The molecule has 2 aromatic carbocycles. The van der Waals surface area contributed by atoms with Crippen LogP contribution in [0.3, 0.4) is 0 Å². The lowest BCUT2D eigenvalue weighted by molar-refractivity contribution is -0.113. The highest BCUT2D eigenvalue weighted by Crippen LogP contribution is 2.29. The summed E-state index contributed by atoms with van der Waals surface area (Å²) >= 11 is 5.96. The van der Waals surface area contributed by atoms with Crippen LogP contribution in [0.25, 0.3) is 6.08 Å². The lowest BCUT2D eigenvalue weighted by atomic mass is 10.1. The van der Waals surface area contributed by atoms with E-state index < -0.39 is 10.0 Å². The Morgan fingerprint density at radius 2 is 1.92 bits per heavy atom. The Balaban J connectivity index is 1.72. The Hall–Kier alpha value is -2.35. The molecule has 0 aliphatic carbocycles. The number of carbonyl (C=O) groups is 1. The molecular weight excluding hydrogens is 364 g/mol. The summed E-state index contributed by atoms with van der Waals surface area (Å²) in [7, 11) is -3.59. The number of carbonyl (C=O) groups excluding carboxylic acids is 1. The summed E-state index contributed by atoms with van der Waals surface area (Å²) in [6.45, 7) is 0.157. The monoisotopic (exact) mass is 378 g/mol. The number of primary sulfonamides is 1. The topological polar surface area (TPSA) is 98.5 Å². The van der Waals surface area contributed by atoms with Gasteiger partial charge in [-0.25, -0.2) is 13.6 Å². The van der Waals surface area contributed by atoms with Gasteiger partial charge in [0.1, 0.15) is 12.4 Å². The molecule has 3 N–H and O–H groups in total. The molecule has 0 bridgehead atoms. The highest BCUT2D eigenvalue weighted by atomic mass is 35.5. The quantitative estimate of drug-likeness (QED) is 0.854. The molecule has 130 valence electrons. The second kappa shape index (κ2) is 6.87. The molecule has 1 aliphatic rings. The fourth-order valence-corrected chi connectivity index (χ4v) is 3.25. The van der Waals surface area contributed by atoms with Crippen LogP contribution in [0.2, 0.25) is 5.02 Å². The van der Waals surface area contributed by atoms with Crippen molar-refractivity contribution >= 4 is 39.3 Å². The fourth-order valence-electron chi connectivity index (χ4n) is 2.41. The molecule has 1 amide bonds. The van der Waals surface area contributed by atoms with Gasteiger partial charge < -0.3 is 10.1 Å². The number of hydrogen-bond donors (Lipinski definition) is 2. The van der Waals surface area contributed by atoms with E-state index in [2.05, 4.69) is 5.32 Å². The number of benzene rings is 2. The fraction of sp³-hybridized carbons (Fsp3) is 0.118. The first kappa shape index (κ1) is 17.5. The number of sulfonamides is 1. The summed E-state index contributed by atoms with van der Waals surface area (Å²) in [5.74, 6) is 0.121. The molecule has 0 saturated heterocycles. The Morgan fingerprint density at radius 3 is 2.60 bits per heavy atom. The van der Waals surface area contributed by atoms with Crippen molar-refractivity contribution in [3.05, 3.63) is 64.2 Å².